The molecule has 0 spiro atoms. The van der Waals surface area contributed by atoms with Gasteiger partial charge in [-0.2, -0.15) is 10.1 Å². The van der Waals surface area contributed by atoms with Crippen LogP contribution in [0.2, 0.25) is 0 Å². The second-order valence-corrected chi connectivity index (χ2v) is 7.06. The fourth-order valence-electron chi connectivity index (χ4n) is 3.25. The third-order valence-corrected chi connectivity index (χ3v) is 4.95. The predicted molar refractivity (Wildman–Crippen MR) is 106 cm³/mol. The number of aromatic amines is 2. The quantitative estimate of drug-likeness (QED) is 0.407. The molecule has 1 aliphatic carbocycles. The molecule has 1 unspecified atom stereocenters. The Kier molecular flexibility index (Phi) is 3.78. The lowest BCUT2D eigenvalue weighted by molar-refractivity contribution is 0.863. The van der Waals surface area contributed by atoms with Crippen molar-refractivity contribution in [3.8, 4) is 0 Å². The van der Waals surface area contributed by atoms with Gasteiger partial charge in [-0.25, -0.2) is 4.98 Å². The number of rotatable bonds is 6. The van der Waals surface area contributed by atoms with Crippen molar-refractivity contribution in [1.29, 1.82) is 0 Å². The van der Waals surface area contributed by atoms with Gasteiger partial charge in [-0.15, -0.1) is 0 Å². The molecule has 1 aliphatic rings. The first-order chi connectivity index (χ1) is 13.2. The number of nitrogens with zero attached hydrogens (tertiary/aromatic N) is 3. The number of fused-ring (bicyclic) bond motifs is 1. The van der Waals surface area contributed by atoms with Crippen molar-refractivity contribution in [3.63, 3.8) is 0 Å². The molecule has 0 amide bonds. The Balaban J connectivity index is 1.30. The van der Waals surface area contributed by atoms with Crippen LogP contribution in [-0.2, 0) is 0 Å². The lowest BCUT2D eigenvalue weighted by Crippen LogP contribution is -2.10. The van der Waals surface area contributed by atoms with Crippen LogP contribution in [0, 0.1) is 0 Å². The third kappa shape index (κ3) is 3.36. The molecule has 27 heavy (non-hydrogen) atoms. The highest BCUT2D eigenvalue weighted by molar-refractivity contribution is 5.80. The van der Waals surface area contributed by atoms with Crippen LogP contribution in [-0.4, -0.2) is 25.1 Å². The number of hydrogen-bond donors (Lipinski definition) is 4. The van der Waals surface area contributed by atoms with Crippen LogP contribution in [0.25, 0.3) is 10.9 Å². The van der Waals surface area contributed by atoms with Gasteiger partial charge in [0.05, 0.1) is 6.04 Å². The number of anilines is 3. The molecule has 136 valence electrons. The maximum Gasteiger partial charge on any atom is 0.225 e. The fraction of sp³-hybridized carbons (Fsp3) is 0.250. The Labute approximate surface area is 156 Å². The van der Waals surface area contributed by atoms with Gasteiger partial charge in [0.1, 0.15) is 5.82 Å². The van der Waals surface area contributed by atoms with Crippen LogP contribution >= 0.6 is 0 Å². The van der Waals surface area contributed by atoms with Crippen molar-refractivity contribution < 1.29 is 0 Å². The van der Waals surface area contributed by atoms with Crippen molar-refractivity contribution in [2.24, 2.45) is 0 Å². The highest BCUT2D eigenvalue weighted by atomic mass is 15.2. The van der Waals surface area contributed by atoms with E-state index in [-0.39, 0.29) is 6.04 Å². The molecule has 4 N–H and O–H groups in total. The first-order valence-corrected chi connectivity index (χ1v) is 9.23. The topological polar surface area (TPSA) is 94.3 Å². The number of hydrogen-bond acceptors (Lipinski definition) is 5. The largest absolute Gasteiger partial charge is 0.361 e. The van der Waals surface area contributed by atoms with Gasteiger partial charge < -0.3 is 15.6 Å². The van der Waals surface area contributed by atoms with E-state index in [1.165, 1.54) is 29.5 Å². The molecule has 7 nitrogen and oxygen atoms in total. The maximum absolute atomic E-state index is 4.56. The summed E-state index contributed by atoms with van der Waals surface area (Å²) in [6.45, 7) is 2.10. The summed E-state index contributed by atoms with van der Waals surface area (Å²) in [6.07, 6.45) is 6.19. The summed E-state index contributed by atoms with van der Waals surface area (Å²) in [4.78, 5) is 12.1. The minimum atomic E-state index is 0.0893. The monoisotopic (exact) mass is 359 g/mol. The van der Waals surface area contributed by atoms with E-state index in [1.807, 2.05) is 12.3 Å². The second-order valence-electron chi connectivity index (χ2n) is 7.06. The van der Waals surface area contributed by atoms with Gasteiger partial charge in [-0.05, 0) is 55.0 Å². The van der Waals surface area contributed by atoms with Crippen LogP contribution in [0.1, 0.15) is 43.0 Å². The summed E-state index contributed by atoms with van der Waals surface area (Å²) in [7, 11) is 0. The zero-order valence-electron chi connectivity index (χ0n) is 15.0. The Morgan fingerprint density at radius 1 is 1.11 bits per heavy atom. The molecule has 0 bridgehead atoms. The molecule has 4 aromatic rings. The first-order valence-electron chi connectivity index (χ1n) is 9.23. The summed E-state index contributed by atoms with van der Waals surface area (Å²) < 4.78 is 0. The molecule has 5 rings (SSSR count). The highest BCUT2D eigenvalue weighted by Crippen LogP contribution is 2.39. The molecule has 1 atom stereocenters. The molecule has 0 aliphatic heterocycles. The molecule has 3 aromatic heterocycles. The summed E-state index contributed by atoms with van der Waals surface area (Å²) in [6, 6.07) is 12.4. The van der Waals surface area contributed by atoms with E-state index < -0.39 is 0 Å². The molecule has 3 heterocycles. The average molecular weight is 359 g/mol. The van der Waals surface area contributed by atoms with Crippen LogP contribution in [0.4, 0.5) is 17.6 Å². The Morgan fingerprint density at radius 2 is 2.04 bits per heavy atom. The van der Waals surface area contributed by atoms with E-state index in [1.54, 1.807) is 6.20 Å². The average Bonchev–Trinajstić information content (AvgIpc) is 3.23. The SMILES string of the molecule is CC(Nc1nccc(Nc2cc(C3CC3)[nH]n2)n1)c1ccc2[nH]ccc2c1. The Morgan fingerprint density at radius 3 is 2.93 bits per heavy atom. The number of benzene rings is 1. The van der Waals surface area contributed by atoms with Crippen molar-refractivity contribution in [1.82, 2.24) is 25.1 Å². The summed E-state index contributed by atoms with van der Waals surface area (Å²) in [5.74, 6) is 2.73. The minimum absolute atomic E-state index is 0.0893. The van der Waals surface area contributed by atoms with E-state index in [2.05, 4.69) is 73.0 Å². The van der Waals surface area contributed by atoms with E-state index in [0.29, 0.717) is 11.9 Å². The Bertz CT molecular complexity index is 1080. The summed E-state index contributed by atoms with van der Waals surface area (Å²) >= 11 is 0. The summed E-state index contributed by atoms with van der Waals surface area (Å²) in [5, 5.41) is 15.2. The van der Waals surface area contributed by atoms with E-state index in [9.17, 15) is 0 Å². The van der Waals surface area contributed by atoms with Crippen molar-refractivity contribution in [2.75, 3.05) is 10.6 Å². The van der Waals surface area contributed by atoms with E-state index >= 15 is 0 Å². The van der Waals surface area contributed by atoms with E-state index in [4.69, 9.17) is 0 Å². The molecule has 1 saturated carbocycles. The number of H-pyrrole nitrogens is 2. The number of nitrogens with one attached hydrogen (secondary N) is 4. The zero-order valence-corrected chi connectivity index (χ0v) is 15.0. The van der Waals surface area contributed by atoms with Crippen molar-refractivity contribution in [2.45, 2.75) is 31.7 Å². The van der Waals surface area contributed by atoms with E-state index in [0.717, 1.165) is 17.2 Å². The standard InChI is InChI=1S/C20H21N7/c1-12(14-4-5-16-15(10-14)6-8-21-16)23-20-22-9-7-18(25-20)24-19-11-17(26-27-19)13-2-3-13/h4-13,21H,2-3H2,1H3,(H3,22,23,24,25,26,27). The molecule has 7 heteroatoms. The summed E-state index contributed by atoms with van der Waals surface area (Å²) in [5.41, 5.74) is 3.52. The number of aromatic nitrogens is 5. The van der Waals surface area contributed by atoms with Gasteiger partial charge in [0.2, 0.25) is 5.95 Å². The lowest BCUT2D eigenvalue weighted by Gasteiger charge is -2.15. The van der Waals surface area contributed by atoms with Gasteiger partial charge in [0.25, 0.3) is 0 Å². The Hall–Kier alpha value is -3.35. The molecule has 0 saturated heterocycles. The van der Waals surface area contributed by atoms with Crippen molar-refractivity contribution >= 4 is 28.5 Å². The maximum atomic E-state index is 4.56. The molecule has 1 fully saturated rings. The first kappa shape index (κ1) is 15.9. The highest BCUT2D eigenvalue weighted by Gasteiger charge is 2.25. The van der Waals surface area contributed by atoms with Gasteiger partial charge in [0, 0.05) is 35.6 Å². The molecule has 0 radical (unpaired) electrons. The predicted octanol–water partition coefficient (Wildman–Crippen LogP) is 4.48. The molecular formula is C20H21N7. The minimum Gasteiger partial charge on any atom is -0.361 e. The van der Waals surface area contributed by atoms with Gasteiger partial charge >= 0.3 is 0 Å². The van der Waals surface area contributed by atoms with Crippen molar-refractivity contribution in [3.05, 3.63) is 60.0 Å². The van der Waals surface area contributed by atoms with Crippen LogP contribution in [0.15, 0.2) is 48.8 Å². The normalized spacial score (nSPS) is 15.0. The molecular weight excluding hydrogens is 338 g/mol. The smallest absolute Gasteiger partial charge is 0.225 e. The van der Waals surface area contributed by atoms with Gasteiger partial charge in [0.15, 0.2) is 5.82 Å². The lowest BCUT2D eigenvalue weighted by atomic mass is 10.1. The van der Waals surface area contributed by atoms with Gasteiger partial charge in [-0.3, -0.25) is 5.10 Å². The second kappa shape index (κ2) is 6.42. The zero-order chi connectivity index (χ0) is 18.2. The van der Waals surface area contributed by atoms with Crippen LogP contribution in [0.5, 0.6) is 0 Å². The van der Waals surface area contributed by atoms with Crippen LogP contribution in [0.3, 0.4) is 0 Å². The van der Waals surface area contributed by atoms with Gasteiger partial charge in [-0.1, -0.05) is 6.07 Å². The molecule has 1 aromatic carbocycles. The fourth-order valence-corrected chi connectivity index (χ4v) is 3.25. The van der Waals surface area contributed by atoms with Crippen LogP contribution < -0.4 is 10.6 Å². The third-order valence-electron chi connectivity index (χ3n) is 4.95.